The normalized spacial score (nSPS) is 14.7. The molecular formula is C13H10N2O3S. The summed E-state index contributed by atoms with van der Waals surface area (Å²) in [6, 6.07) is 0. The van der Waals surface area contributed by atoms with E-state index in [-0.39, 0.29) is 5.63 Å². The molecule has 0 aliphatic carbocycles. The van der Waals surface area contributed by atoms with Crippen LogP contribution in [0.5, 0.6) is 0 Å². The molecule has 4 rings (SSSR count). The molecule has 0 amide bonds. The molecule has 0 atom stereocenters. The number of hydrogen-bond acceptors (Lipinski definition) is 5. The Morgan fingerprint density at radius 3 is 3.21 bits per heavy atom. The zero-order valence-corrected chi connectivity index (χ0v) is 10.8. The van der Waals surface area contributed by atoms with Gasteiger partial charge < -0.3 is 9.15 Å². The van der Waals surface area contributed by atoms with Crippen LogP contribution < -0.4 is 5.63 Å². The minimum atomic E-state index is -0.254. The molecule has 0 saturated carbocycles. The van der Waals surface area contributed by atoms with Crippen molar-refractivity contribution in [2.45, 2.75) is 13.0 Å². The molecule has 5 nitrogen and oxygen atoms in total. The molecule has 1 N–H and O–H groups in total. The maximum absolute atomic E-state index is 12.0. The number of rotatable bonds is 1. The van der Waals surface area contributed by atoms with Gasteiger partial charge in [-0.25, -0.2) is 4.79 Å². The van der Waals surface area contributed by atoms with Gasteiger partial charge in [0.2, 0.25) is 0 Å². The Morgan fingerprint density at radius 1 is 1.42 bits per heavy atom. The number of nitrogens with zero attached hydrogens (tertiary/aromatic N) is 1. The molecule has 0 aromatic carbocycles. The van der Waals surface area contributed by atoms with Crippen LogP contribution in [0.4, 0.5) is 0 Å². The van der Waals surface area contributed by atoms with Gasteiger partial charge in [0.15, 0.2) is 0 Å². The summed E-state index contributed by atoms with van der Waals surface area (Å²) in [5.74, 6) is 0.756. The van der Waals surface area contributed by atoms with Crippen molar-refractivity contribution >= 4 is 21.4 Å². The maximum atomic E-state index is 12.0. The van der Waals surface area contributed by atoms with Crippen molar-refractivity contribution in [3.63, 3.8) is 0 Å². The van der Waals surface area contributed by atoms with Crippen molar-refractivity contribution in [2.24, 2.45) is 0 Å². The molecule has 3 aromatic heterocycles. The summed E-state index contributed by atoms with van der Waals surface area (Å²) in [7, 11) is 0. The van der Waals surface area contributed by atoms with E-state index < -0.39 is 0 Å². The summed E-state index contributed by atoms with van der Waals surface area (Å²) in [4.78, 5) is 12.0. The molecule has 3 aromatic rings. The second kappa shape index (κ2) is 4.04. The highest BCUT2D eigenvalue weighted by molar-refractivity contribution is 7.17. The van der Waals surface area contributed by atoms with Gasteiger partial charge in [0.1, 0.15) is 10.5 Å². The fourth-order valence-corrected chi connectivity index (χ4v) is 3.45. The molecule has 19 heavy (non-hydrogen) atoms. The Balaban J connectivity index is 2.11. The lowest BCUT2D eigenvalue weighted by Gasteiger charge is -2.15. The highest BCUT2D eigenvalue weighted by atomic mass is 32.1. The number of nitrogens with one attached hydrogen (secondary N) is 1. The predicted molar refractivity (Wildman–Crippen MR) is 71.3 cm³/mol. The van der Waals surface area contributed by atoms with Crippen LogP contribution in [0, 0.1) is 0 Å². The van der Waals surface area contributed by atoms with Gasteiger partial charge in [0.05, 0.1) is 19.4 Å². The van der Waals surface area contributed by atoms with Crippen LogP contribution in [0.3, 0.4) is 0 Å². The number of fused-ring (bicyclic) bond motifs is 3. The fraction of sp³-hybridized carbons (Fsp3) is 0.231. The second-order valence-corrected chi connectivity index (χ2v) is 5.31. The van der Waals surface area contributed by atoms with Crippen LogP contribution in [-0.4, -0.2) is 16.8 Å². The molecule has 6 heteroatoms. The number of hydrogen-bond donors (Lipinski definition) is 1. The minimum absolute atomic E-state index is 0.254. The highest BCUT2D eigenvalue weighted by Gasteiger charge is 2.22. The van der Waals surface area contributed by atoms with Gasteiger partial charge in [-0.3, -0.25) is 5.10 Å². The number of aromatic nitrogens is 2. The van der Waals surface area contributed by atoms with Crippen LogP contribution in [0.2, 0.25) is 0 Å². The molecule has 0 bridgehead atoms. The van der Waals surface area contributed by atoms with E-state index in [0.29, 0.717) is 24.3 Å². The van der Waals surface area contributed by atoms with Crippen molar-refractivity contribution in [3.8, 4) is 11.1 Å². The van der Waals surface area contributed by atoms with E-state index in [4.69, 9.17) is 9.15 Å². The van der Waals surface area contributed by atoms with Gasteiger partial charge >= 0.3 is 5.63 Å². The van der Waals surface area contributed by atoms with Crippen molar-refractivity contribution < 1.29 is 9.15 Å². The lowest BCUT2D eigenvalue weighted by molar-refractivity contribution is 0.102. The van der Waals surface area contributed by atoms with E-state index in [1.807, 2.05) is 11.6 Å². The molecule has 0 fully saturated rings. The third kappa shape index (κ3) is 1.57. The van der Waals surface area contributed by atoms with Gasteiger partial charge in [0.25, 0.3) is 0 Å². The largest absolute Gasteiger partial charge is 0.426 e. The van der Waals surface area contributed by atoms with E-state index in [1.165, 1.54) is 11.3 Å². The maximum Gasteiger partial charge on any atom is 0.354 e. The standard InChI is InChI=1S/C13H10N2O3S/c16-13-12-11(8-5-17-2-1-10(8)18-13)9(6-19-12)7-3-14-15-4-7/h3-4,6H,1-2,5H2,(H,14,15). The van der Waals surface area contributed by atoms with Crippen molar-refractivity contribution in [2.75, 3.05) is 6.61 Å². The Morgan fingerprint density at radius 2 is 2.37 bits per heavy atom. The molecule has 0 saturated heterocycles. The predicted octanol–water partition coefficient (Wildman–Crippen LogP) is 2.32. The van der Waals surface area contributed by atoms with E-state index in [1.54, 1.807) is 6.20 Å². The average Bonchev–Trinajstić information content (AvgIpc) is 3.08. The third-order valence-corrected chi connectivity index (χ3v) is 4.32. The van der Waals surface area contributed by atoms with E-state index >= 15 is 0 Å². The smallest absolute Gasteiger partial charge is 0.354 e. The van der Waals surface area contributed by atoms with Gasteiger partial charge in [-0.1, -0.05) is 0 Å². The summed E-state index contributed by atoms with van der Waals surface area (Å²) in [6.45, 7) is 1.10. The Bertz CT molecular complexity index is 801. The van der Waals surface area contributed by atoms with Crippen LogP contribution >= 0.6 is 11.3 Å². The van der Waals surface area contributed by atoms with Crippen LogP contribution in [0.25, 0.3) is 21.2 Å². The minimum Gasteiger partial charge on any atom is -0.426 e. The third-order valence-electron chi connectivity index (χ3n) is 3.36. The van der Waals surface area contributed by atoms with Crippen LogP contribution in [0.1, 0.15) is 11.3 Å². The van der Waals surface area contributed by atoms with Crippen LogP contribution in [0.15, 0.2) is 27.0 Å². The fourth-order valence-electron chi connectivity index (χ4n) is 2.47. The lowest BCUT2D eigenvalue weighted by Crippen LogP contribution is -2.14. The Kier molecular flexibility index (Phi) is 2.33. The Labute approximate surface area is 111 Å². The topological polar surface area (TPSA) is 68.1 Å². The summed E-state index contributed by atoms with van der Waals surface area (Å²) in [6.07, 6.45) is 4.24. The molecule has 96 valence electrons. The van der Waals surface area contributed by atoms with Gasteiger partial charge in [-0.15, -0.1) is 11.3 Å². The first-order valence-electron chi connectivity index (χ1n) is 5.97. The van der Waals surface area contributed by atoms with Gasteiger partial charge in [0, 0.05) is 40.1 Å². The quantitative estimate of drug-likeness (QED) is 0.739. The number of H-pyrrole nitrogens is 1. The van der Waals surface area contributed by atoms with Crippen molar-refractivity contribution in [1.82, 2.24) is 10.2 Å². The number of ether oxygens (including phenoxy) is 1. The first-order valence-corrected chi connectivity index (χ1v) is 6.85. The zero-order valence-electron chi connectivity index (χ0n) is 9.93. The summed E-state index contributed by atoms with van der Waals surface area (Å²) >= 11 is 1.41. The second-order valence-electron chi connectivity index (χ2n) is 4.43. The Hall–Kier alpha value is -1.92. The molecule has 1 aliphatic heterocycles. The monoisotopic (exact) mass is 274 g/mol. The first kappa shape index (κ1) is 11.0. The van der Waals surface area contributed by atoms with E-state index in [9.17, 15) is 4.79 Å². The summed E-state index contributed by atoms with van der Waals surface area (Å²) in [5, 5.41) is 9.69. The van der Waals surface area contributed by atoms with Crippen LogP contribution in [-0.2, 0) is 17.8 Å². The van der Waals surface area contributed by atoms with E-state index in [2.05, 4.69) is 10.2 Å². The molecular weight excluding hydrogens is 264 g/mol. The zero-order chi connectivity index (χ0) is 12.8. The number of aromatic amines is 1. The molecule has 4 heterocycles. The van der Waals surface area contributed by atoms with Crippen molar-refractivity contribution in [1.29, 1.82) is 0 Å². The number of thiophene rings is 1. The summed E-state index contributed by atoms with van der Waals surface area (Å²) in [5.41, 5.74) is 2.74. The molecule has 0 unspecified atom stereocenters. The SMILES string of the molecule is O=c1oc2c(c3c(-c4cn[nH]c4)csc13)COCC2. The van der Waals surface area contributed by atoms with Gasteiger partial charge in [-0.05, 0) is 0 Å². The van der Waals surface area contributed by atoms with E-state index in [0.717, 1.165) is 27.8 Å². The van der Waals surface area contributed by atoms with Crippen molar-refractivity contribution in [3.05, 3.63) is 39.5 Å². The first-order chi connectivity index (χ1) is 9.34. The van der Waals surface area contributed by atoms with Gasteiger partial charge in [-0.2, -0.15) is 5.10 Å². The molecule has 0 radical (unpaired) electrons. The average molecular weight is 274 g/mol. The summed E-state index contributed by atoms with van der Waals surface area (Å²) < 4.78 is 11.6. The lowest BCUT2D eigenvalue weighted by atomic mass is 10.0. The molecule has 1 aliphatic rings. The highest BCUT2D eigenvalue weighted by Crippen LogP contribution is 2.36. The molecule has 0 spiro atoms.